The van der Waals surface area contributed by atoms with Crippen LogP contribution in [0.5, 0.6) is 0 Å². The second kappa shape index (κ2) is 10.6. The molecule has 0 radical (unpaired) electrons. The Morgan fingerprint density at radius 1 is 0.884 bits per heavy atom. The molecule has 1 aromatic heterocycles. The molecule has 0 saturated heterocycles. The summed E-state index contributed by atoms with van der Waals surface area (Å²) in [6.07, 6.45) is 4.47. The molecule has 0 fully saturated rings. The van der Waals surface area contributed by atoms with E-state index in [4.69, 9.17) is 4.74 Å². The lowest BCUT2D eigenvalue weighted by Gasteiger charge is -2.49. The van der Waals surface area contributed by atoms with Crippen LogP contribution in [0.25, 0.3) is 10.9 Å². The van der Waals surface area contributed by atoms with Crippen molar-refractivity contribution in [2.45, 2.75) is 65.8 Å². The van der Waals surface area contributed by atoms with Crippen LogP contribution >= 0.6 is 0 Å². The number of Topliss-reactive ketones (excluding diaryl/α,β-unsaturated/α-hetero) is 2. The molecule has 43 heavy (non-hydrogen) atoms. The summed E-state index contributed by atoms with van der Waals surface area (Å²) in [4.78, 5) is 41.4. The minimum atomic E-state index is -0.445. The van der Waals surface area contributed by atoms with Gasteiger partial charge in [-0.2, -0.15) is 0 Å². The fourth-order valence-corrected chi connectivity index (χ4v) is 7.37. The van der Waals surface area contributed by atoms with Gasteiger partial charge >= 0.3 is 0 Å². The van der Waals surface area contributed by atoms with Gasteiger partial charge in [-0.05, 0) is 40.9 Å². The quantitative estimate of drug-likeness (QED) is 0.222. The number of nitro benzene ring substituents is 1. The molecule has 0 saturated carbocycles. The van der Waals surface area contributed by atoms with Crippen molar-refractivity contribution >= 4 is 28.2 Å². The number of hydrogen-bond donors (Lipinski definition) is 0. The van der Waals surface area contributed by atoms with Gasteiger partial charge < -0.3 is 14.2 Å². The molecule has 224 valence electrons. The highest BCUT2D eigenvalue weighted by molar-refractivity contribution is 6.08. The van der Waals surface area contributed by atoms with Crippen molar-refractivity contribution in [3.05, 3.63) is 98.5 Å². The molecule has 3 aromatic rings. The van der Waals surface area contributed by atoms with Gasteiger partial charge in [0, 0.05) is 90.7 Å². The van der Waals surface area contributed by atoms with Crippen LogP contribution in [0.4, 0.5) is 5.69 Å². The molecule has 0 N–H and O–H groups in total. The van der Waals surface area contributed by atoms with Crippen molar-refractivity contribution in [3.63, 3.8) is 0 Å². The van der Waals surface area contributed by atoms with Gasteiger partial charge in [-0.25, -0.2) is 0 Å². The first-order chi connectivity index (χ1) is 20.4. The molecule has 0 atom stereocenters. The smallest absolute Gasteiger partial charge is 0.269 e. The van der Waals surface area contributed by atoms with Gasteiger partial charge in [0.25, 0.3) is 5.69 Å². The number of aromatic nitrogens is 1. The number of para-hydroxylation sites is 1. The number of benzene rings is 2. The van der Waals surface area contributed by atoms with Gasteiger partial charge in [0.05, 0.1) is 11.5 Å². The number of carbonyl (C=O) groups is 2. The highest BCUT2D eigenvalue weighted by Crippen LogP contribution is 2.55. The highest BCUT2D eigenvalue weighted by Gasteiger charge is 2.49. The number of ether oxygens (including phenoxy) is 1. The van der Waals surface area contributed by atoms with E-state index in [1.165, 1.54) is 12.1 Å². The number of fused-ring (bicyclic) bond motifs is 1. The topological polar surface area (TPSA) is 94.7 Å². The lowest BCUT2D eigenvalue weighted by atomic mass is 9.63. The third-order valence-electron chi connectivity index (χ3n) is 9.17. The largest absolute Gasteiger partial charge is 0.383 e. The monoisotopic (exact) mass is 581 g/mol. The van der Waals surface area contributed by atoms with Crippen molar-refractivity contribution < 1.29 is 19.2 Å². The van der Waals surface area contributed by atoms with Crippen LogP contribution in [-0.4, -0.2) is 46.2 Å². The predicted octanol–water partition coefficient (Wildman–Crippen LogP) is 6.93. The van der Waals surface area contributed by atoms with Gasteiger partial charge in [-0.15, -0.1) is 0 Å². The van der Waals surface area contributed by atoms with Gasteiger partial charge in [0.15, 0.2) is 11.6 Å². The first kappa shape index (κ1) is 29.1. The second-order valence-electron chi connectivity index (χ2n) is 13.8. The lowest BCUT2D eigenvalue weighted by Crippen LogP contribution is -2.45. The van der Waals surface area contributed by atoms with Crippen molar-refractivity contribution in [3.8, 4) is 0 Å². The highest BCUT2D eigenvalue weighted by atomic mass is 16.6. The molecule has 0 spiro atoms. The molecule has 0 bridgehead atoms. The zero-order valence-corrected chi connectivity index (χ0v) is 25.6. The summed E-state index contributed by atoms with van der Waals surface area (Å²) in [6, 6.07) is 14.7. The summed E-state index contributed by atoms with van der Waals surface area (Å²) < 4.78 is 7.65. The average Bonchev–Trinajstić information content (AvgIpc) is 3.28. The number of nitrogens with zero attached hydrogens (tertiary/aromatic N) is 3. The third kappa shape index (κ3) is 5.22. The summed E-state index contributed by atoms with van der Waals surface area (Å²) in [5.74, 6) is -0.232. The van der Waals surface area contributed by atoms with E-state index in [0.717, 1.165) is 57.4 Å². The maximum Gasteiger partial charge on any atom is 0.269 e. The number of ketones is 2. The summed E-state index contributed by atoms with van der Waals surface area (Å²) in [5.41, 5.74) is 6.11. The molecular weight excluding hydrogens is 542 g/mol. The third-order valence-corrected chi connectivity index (χ3v) is 9.17. The Hall–Kier alpha value is -4.04. The molecule has 0 amide bonds. The zero-order chi connectivity index (χ0) is 30.7. The van der Waals surface area contributed by atoms with E-state index in [-0.39, 0.29) is 28.1 Å². The van der Waals surface area contributed by atoms with E-state index >= 15 is 0 Å². The number of rotatable bonds is 7. The molecule has 8 nitrogen and oxygen atoms in total. The number of methoxy groups -OCH3 is 1. The standard InChI is InChI=1S/C35H39N3O5/c1-34(2)16-27-32(29(39)18-34)31(33-28(37(27)14-15-43-5)17-35(3,4)19-30(33)40)25-21-36(26-9-7-6-8-24(25)26)20-22-10-12-23(13-11-22)38(41)42/h6-13,21,31H,14-20H2,1-5H3. The minimum absolute atomic E-state index is 0.0541. The summed E-state index contributed by atoms with van der Waals surface area (Å²) in [5, 5.41) is 12.2. The molecule has 6 rings (SSSR count). The minimum Gasteiger partial charge on any atom is -0.383 e. The van der Waals surface area contributed by atoms with E-state index in [1.807, 2.05) is 12.1 Å². The van der Waals surface area contributed by atoms with E-state index in [1.54, 1.807) is 19.2 Å². The maximum absolute atomic E-state index is 14.2. The van der Waals surface area contributed by atoms with Crippen LogP contribution in [0.3, 0.4) is 0 Å². The Balaban J connectivity index is 1.56. The van der Waals surface area contributed by atoms with E-state index in [0.29, 0.717) is 32.5 Å². The van der Waals surface area contributed by atoms with Crippen LogP contribution < -0.4 is 0 Å². The van der Waals surface area contributed by atoms with E-state index in [2.05, 4.69) is 55.5 Å². The Morgan fingerprint density at radius 2 is 1.47 bits per heavy atom. The first-order valence-electron chi connectivity index (χ1n) is 15.0. The zero-order valence-electron chi connectivity index (χ0n) is 25.6. The van der Waals surface area contributed by atoms with Crippen LogP contribution in [0.1, 0.15) is 70.4 Å². The van der Waals surface area contributed by atoms with Crippen LogP contribution in [0.15, 0.2) is 77.3 Å². The van der Waals surface area contributed by atoms with Crippen molar-refractivity contribution in [1.29, 1.82) is 0 Å². The van der Waals surface area contributed by atoms with Gasteiger partial charge in [0.2, 0.25) is 0 Å². The van der Waals surface area contributed by atoms with Gasteiger partial charge in [-0.1, -0.05) is 58.0 Å². The molecular formula is C35H39N3O5. The Labute approximate surface area is 252 Å². The fraction of sp³-hybridized carbons (Fsp3) is 0.429. The predicted molar refractivity (Wildman–Crippen MR) is 166 cm³/mol. The Morgan fingerprint density at radius 3 is 2.02 bits per heavy atom. The molecule has 2 aliphatic carbocycles. The maximum atomic E-state index is 14.2. The lowest BCUT2D eigenvalue weighted by molar-refractivity contribution is -0.384. The molecule has 3 aliphatic rings. The van der Waals surface area contributed by atoms with Crippen LogP contribution in [-0.2, 0) is 20.9 Å². The van der Waals surface area contributed by atoms with Crippen molar-refractivity contribution in [1.82, 2.24) is 9.47 Å². The number of carbonyl (C=O) groups excluding carboxylic acids is 2. The Bertz CT molecular complexity index is 1650. The summed E-state index contributed by atoms with van der Waals surface area (Å²) in [7, 11) is 1.68. The second-order valence-corrected chi connectivity index (χ2v) is 13.8. The molecule has 0 unspecified atom stereocenters. The number of hydrogen-bond acceptors (Lipinski definition) is 6. The number of nitro groups is 1. The summed E-state index contributed by atoms with van der Waals surface area (Å²) >= 11 is 0. The molecule has 1 aliphatic heterocycles. The van der Waals surface area contributed by atoms with Crippen molar-refractivity contribution in [2.24, 2.45) is 10.8 Å². The number of non-ortho nitro benzene ring substituents is 1. The van der Waals surface area contributed by atoms with Crippen molar-refractivity contribution in [2.75, 3.05) is 20.3 Å². The normalized spacial score (nSPS) is 20.1. The Kier molecular flexibility index (Phi) is 7.16. The molecule has 2 aromatic carbocycles. The first-order valence-corrected chi connectivity index (χ1v) is 15.0. The fourth-order valence-electron chi connectivity index (χ4n) is 7.37. The van der Waals surface area contributed by atoms with Gasteiger partial charge in [-0.3, -0.25) is 19.7 Å². The molecule has 8 heteroatoms. The molecule has 2 heterocycles. The van der Waals surface area contributed by atoms with Gasteiger partial charge in [0.1, 0.15) is 0 Å². The average molecular weight is 582 g/mol. The summed E-state index contributed by atoms with van der Waals surface area (Å²) in [6.45, 7) is 10.2. The van der Waals surface area contributed by atoms with Crippen LogP contribution in [0.2, 0.25) is 0 Å². The number of allylic oxidation sites excluding steroid dienone is 4. The van der Waals surface area contributed by atoms with E-state index < -0.39 is 10.8 Å². The SMILES string of the molecule is COCCN1C2=C(C(=O)CC(C)(C)C2)C(c2cn(Cc3ccc([N+](=O)[O-])cc3)c3ccccc23)C2=C1CC(C)(C)CC2=O. The van der Waals surface area contributed by atoms with E-state index in [9.17, 15) is 19.7 Å². The van der Waals surface area contributed by atoms with Crippen LogP contribution in [0, 0.1) is 20.9 Å².